The van der Waals surface area contributed by atoms with Crippen molar-refractivity contribution in [2.75, 3.05) is 6.54 Å². The second-order valence-electron chi connectivity index (χ2n) is 4.72. The summed E-state index contributed by atoms with van der Waals surface area (Å²) in [4.78, 5) is 11.8. The molecule has 0 aliphatic carbocycles. The maximum absolute atomic E-state index is 13.4. The van der Waals surface area contributed by atoms with Gasteiger partial charge in [-0.15, -0.1) is 0 Å². The first-order chi connectivity index (χ1) is 9.10. The lowest BCUT2D eigenvalue weighted by Gasteiger charge is -2.15. The largest absolute Gasteiger partial charge is 0.352 e. The highest BCUT2D eigenvalue weighted by Crippen LogP contribution is 2.14. The van der Waals surface area contributed by atoms with E-state index in [1.807, 2.05) is 0 Å². The number of nitrogens with one attached hydrogen (secondary N) is 1. The lowest BCUT2D eigenvalue weighted by molar-refractivity contribution is 0.0937. The highest BCUT2D eigenvalue weighted by molar-refractivity contribution is 5.94. The number of carbonyl (C=O) groups is 1. The van der Waals surface area contributed by atoms with Gasteiger partial charge in [-0.25, -0.2) is 8.78 Å². The van der Waals surface area contributed by atoms with Gasteiger partial charge in [0, 0.05) is 6.54 Å². The molecule has 0 aliphatic heterocycles. The molecule has 1 amide bonds. The Kier molecular flexibility index (Phi) is 6.46. The molecule has 1 unspecified atom stereocenters. The molecule has 0 aromatic heterocycles. The molecule has 19 heavy (non-hydrogen) atoms. The first kappa shape index (κ1) is 15.6. The van der Waals surface area contributed by atoms with Gasteiger partial charge in [0.05, 0.1) is 0 Å². The van der Waals surface area contributed by atoms with Gasteiger partial charge >= 0.3 is 0 Å². The molecule has 1 aromatic carbocycles. The molecular formula is C15H21F2NO. The van der Waals surface area contributed by atoms with Crippen molar-refractivity contribution in [3.63, 3.8) is 0 Å². The van der Waals surface area contributed by atoms with Crippen molar-refractivity contribution < 1.29 is 13.6 Å². The van der Waals surface area contributed by atoms with Crippen LogP contribution in [-0.4, -0.2) is 12.5 Å². The normalized spacial score (nSPS) is 12.2. The molecule has 0 heterocycles. The van der Waals surface area contributed by atoms with Gasteiger partial charge < -0.3 is 5.32 Å². The monoisotopic (exact) mass is 269 g/mol. The molecule has 0 radical (unpaired) electrons. The number of unbranched alkanes of at least 4 members (excludes halogenated alkanes) is 1. The summed E-state index contributed by atoms with van der Waals surface area (Å²) >= 11 is 0. The van der Waals surface area contributed by atoms with Crippen molar-refractivity contribution in [3.05, 3.63) is 35.4 Å². The Hall–Kier alpha value is -1.45. The number of carbonyl (C=O) groups excluding carboxylic acids is 1. The molecule has 0 aliphatic rings. The van der Waals surface area contributed by atoms with E-state index in [1.165, 1.54) is 6.07 Å². The summed E-state index contributed by atoms with van der Waals surface area (Å²) in [5, 5.41) is 2.62. The Morgan fingerprint density at radius 1 is 1.26 bits per heavy atom. The minimum atomic E-state index is -0.820. The van der Waals surface area contributed by atoms with E-state index in [-0.39, 0.29) is 0 Å². The Morgan fingerprint density at radius 3 is 2.42 bits per heavy atom. The van der Waals surface area contributed by atoms with E-state index in [0.717, 1.165) is 37.8 Å². The minimum Gasteiger partial charge on any atom is -0.352 e. The molecule has 2 nitrogen and oxygen atoms in total. The van der Waals surface area contributed by atoms with Crippen molar-refractivity contribution >= 4 is 5.91 Å². The van der Waals surface area contributed by atoms with Crippen LogP contribution in [0.5, 0.6) is 0 Å². The summed E-state index contributed by atoms with van der Waals surface area (Å²) in [7, 11) is 0. The lowest BCUT2D eigenvalue weighted by Crippen LogP contribution is -2.30. The quantitative estimate of drug-likeness (QED) is 0.799. The topological polar surface area (TPSA) is 29.1 Å². The number of hydrogen-bond donors (Lipinski definition) is 1. The number of amides is 1. The number of rotatable bonds is 7. The number of halogens is 2. The minimum absolute atomic E-state index is 0.360. The maximum Gasteiger partial charge on any atom is 0.257 e. The van der Waals surface area contributed by atoms with Crippen molar-refractivity contribution in [1.82, 2.24) is 5.32 Å². The highest BCUT2D eigenvalue weighted by atomic mass is 19.1. The van der Waals surface area contributed by atoms with Gasteiger partial charge in [-0.05, 0) is 24.5 Å². The summed E-state index contributed by atoms with van der Waals surface area (Å²) in [5.74, 6) is -1.96. The van der Waals surface area contributed by atoms with Crippen molar-refractivity contribution in [2.24, 2.45) is 5.92 Å². The zero-order chi connectivity index (χ0) is 14.3. The van der Waals surface area contributed by atoms with Crippen LogP contribution >= 0.6 is 0 Å². The van der Waals surface area contributed by atoms with Crippen LogP contribution in [0.15, 0.2) is 18.2 Å². The van der Waals surface area contributed by atoms with E-state index in [0.29, 0.717) is 12.5 Å². The van der Waals surface area contributed by atoms with Crippen LogP contribution in [-0.2, 0) is 0 Å². The van der Waals surface area contributed by atoms with E-state index in [4.69, 9.17) is 0 Å². The van der Waals surface area contributed by atoms with Gasteiger partial charge in [0.1, 0.15) is 17.2 Å². The molecule has 1 aromatic rings. The standard InChI is InChI=1S/C15H21F2NO/c1-3-5-7-11(4-2)10-18-15(19)14-12(16)8-6-9-13(14)17/h6,8-9,11H,3-5,7,10H2,1-2H3,(H,18,19). The van der Waals surface area contributed by atoms with Gasteiger partial charge in [0.25, 0.3) is 5.91 Å². The fraction of sp³-hybridized carbons (Fsp3) is 0.533. The van der Waals surface area contributed by atoms with Crippen LogP contribution < -0.4 is 5.32 Å². The maximum atomic E-state index is 13.4. The fourth-order valence-corrected chi connectivity index (χ4v) is 1.98. The lowest BCUT2D eigenvalue weighted by atomic mass is 9.99. The molecular weight excluding hydrogens is 248 g/mol. The van der Waals surface area contributed by atoms with Gasteiger partial charge in [-0.1, -0.05) is 39.2 Å². The molecule has 0 saturated heterocycles. The number of benzene rings is 1. The van der Waals surface area contributed by atoms with E-state index >= 15 is 0 Å². The highest BCUT2D eigenvalue weighted by Gasteiger charge is 2.17. The third-order valence-electron chi connectivity index (χ3n) is 3.28. The molecule has 0 saturated carbocycles. The second-order valence-corrected chi connectivity index (χ2v) is 4.72. The SMILES string of the molecule is CCCCC(CC)CNC(=O)c1c(F)cccc1F. The third kappa shape index (κ3) is 4.62. The van der Waals surface area contributed by atoms with Crippen molar-refractivity contribution in [1.29, 1.82) is 0 Å². The summed E-state index contributed by atoms with van der Waals surface area (Å²) in [6.07, 6.45) is 4.17. The average molecular weight is 269 g/mol. The Bertz CT molecular complexity index is 400. The van der Waals surface area contributed by atoms with Crippen LogP contribution in [0.2, 0.25) is 0 Å². The molecule has 0 bridgehead atoms. The zero-order valence-electron chi connectivity index (χ0n) is 11.5. The van der Waals surface area contributed by atoms with Crippen molar-refractivity contribution in [2.45, 2.75) is 39.5 Å². The van der Waals surface area contributed by atoms with Crippen molar-refractivity contribution in [3.8, 4) is 0 Å². The summed E-state index contributed by atoms with van der Waals surface area (Å²) in [6, 6.07) is 3.43. The Labute approximate surface area is 113 Å². The van der Waals surface area contributed by atoms with Crippen LogP contribution in [0.1, 0.15) is 49.9 Å². The Balaban J connectivity index is 2.59. The van der Waals surface area contributed by atoms with Crippen LogP contribution in [0.25, 0.3) is 0 Å². The second kappa shape index (κ2) is 7.87. The summed E-state index contributed by atoms with van der Waals surface area (Å²) in [6.45, 7) is 4.62. The fourth-order valence-electron chi connectivity index (χ4n) is 1.98. The van der Waals surface area contributed by atoms with Gasteiger partial charge in [0.2, 0.25) is 0 Å². The smallest absolute Gasteiger partial charge is 0.257 e. The average Bonchev–Trinajstić information content (AvgIpc) is 2.38. The molecule has 0 fully saturated rings. The predicted octanol–water partition coefficient (Wildman–Crippen LogP) is 3.91. The molecule has 1 N–H and O–H groups in total. The Morgan fingerprint density at radius 2 is 1.89 bits per heavy atom. The first-order valence-electron chi connectivity index (χ1n) is 6.82. The van der Waals surface area contributed by atoms with E-state index < -0.39 is 23.1 Å². The molecule has 0 spiro atoms. The molecule has 106 valence electrons. The molecule has 4 heteroatoms. The summed E-state index contributed by atoms with van der Waals surface area (Å²) < 4.78 is 26.8. The zero-order valence-corrected chi connectivity index (χ0v) is 11.5. The van der Waals surface area contributed by atoms with Gasteiger partial charge in [-0.2, -0.15) is 0 Å². The number of hydrogen-bond acceptors (Lipinski definition) is 1. The van der Waals surface area contributed by atoms with E-state index in [2.05, 4.69) is 19.2 Å². The first-order valence-corrected chi connectivity index (χ1v) is 6.82. The third-order valence-corrected chi connectivity index (χ3v) is 3.28. The van der Waals surface area contributed by atoms with Crippen LogP contribution in [0.4, 0.5) is 8.78 Å². The molecule has 1 atom stereocenters. The van der Waals surface area contributed by atoms with Gasteiger partial charge in [0.15, 0.2) is 0 Å². The van der Waals surface area contributed by atoms with Crippen LogP contribution in [0, 0.1) is 17.6 Å². The van der Waals surface area contributed by atoms with E-state index in [9.17, 15) is 13.6 Å². The van der Waals surface area contributed by atoms with Gasteiger partial charge in [-0.3, -0.25) is 4.79 Å². The summed E-state index contributed by atoms with van der Waals surface area (Å²) in [5.41, 5.74) is -0.493. The molecule has 1 rings (SSSR count). The van der Waals surface area contributed by atoms with Crippen LogP contribution in [0.3, 0.4) is 0 Å². The predicted molar refractivity (Wildman–Crippen MR) is 72.0 cm³/mol. The van der Waals surface area contributed by atoms with E-state index in [1.54, 1.807) is 0 Å².